The molecule has 0 unspecified atom stereocenters. The highest BCUT2D eigenvalue weighted by atomic mass is 14.9. The van der Waals surface area contributed by atoms with Crippen LogP contribution in [0.25, 0.3) is 89.5 Å². The van der Waals surface area contributed by atoms with Gasteiger partial charge < -0.3 is 0 Å². The van der Waals surface area contributed by atoms with Gasteiger partial charge in [-0.1, -0.05) is 207 Å². The number of hydrogen-bond donors (Lipinski definition) is 0. The van der Waals surface area contributed by atoms with Crippen LogP contribution in [-0.4, -0.2) is 0 Å². The molecule has 0 amide bonds. The number of aromatic nitrogens is 4. The van der Waals surface area contributed by atoms with Crippen LogP contribution in [0.2, 0.25) is 0 Å². The molecular formula is C101H120N4+4. The maximum atomic E-state index is 2.40. The van der Waals surface area contributed by atoms with Crippen LogP contribution in [0.4, 0.5) is 0 Å². The molecule has 4 aromatic heterocycles. The molecule has 13 rings (SSSR count). The topological polar surface area (TPSA) is 15.5 Å². The maximum Gasteiger partial charge on any atom is 0.212 e. The van der Waals surface area contributed by atoms with Gasteiger partial charge in [-0.25, -0.2) is 18.3 Å². The zero-order valence-corrected chi connectivity index (χ0v) is 68.0. The van der Waals surface area contributed by atoms with E-state index in [9.17, 15) is 0 Å². The van der Waals surface area contributed by atoms with Crippen molar-refractivity contribution in [3.05, 3.63) is 308 Å². The number of nitrogens with zero attached hydrogens (tertiary/aromatic N) is 4. The van der Waals surface area contributed by atoms with Crippen LogP contribution >= 0.6 is 0 Å². The van der Waals surface area contributed by atoms with E-state index in [1.807, 2.05) is 0 Å². The first-order valence-corrected chi connectivity index (χ1v) is 38.6. The third-order valence-electron chi connectivity index (χ3n) is 21.7. The zero-order valence-electron chi connectivity index (χ0n) is 68.0. The van der Waals surface area contributed by atoms with Gasteiger partial charge in [0.15, 0.2) is 24.8 Å². The summed E-state index contributed by atoms with van der Waals surface area (Å²) in [5, 5.41) is 0. The van der Waals surface area contributed by atoms with Gasteiger partial charge in [0.05, 0.1) is 0 Å². The van der Waals surface area contributed by atoms with Crippen molar-refractivity contribution in [3.8, 4) is 89.5 Å². The van der Waals surface area contributed by atoms with Crippen molar-refractivity contribution in [2.24, 2.45) is 39.5 Å². The van der Waals surface area contributed by atoms with Gasteiger partial charge in [0.1, 0.15) is 28.2 Å². The van der Waals surface area contributed by atoms with E-state index in [0.717, 1.165) is 18.8 Å². The van der Waals surface area contributed by atoms with Crippen molar-refractivity contribution in [1.82, 2.24) is 0 Å². The molecule has 0 bridgehead atoms. The number of pyridine rings is 4. The van der Waals surface area contributed by atoms with Crippen molar-refractivity contribution in [2.45, 2.75) is 182 Å². The lowest BCUT2D eigenvalue weighted by molar-refractivity contribution is -0.661. The summed E-state index contributed by atoms with van der Waals surface area (Å²) in [7, 11) is 8.69. The Morgan fingerprint density at radius 3 is 0.924 bits per heavy atom. The average Bonchev–Trinajstić information content (AvgIpc) is 1.17. The summed E-state index contributed by atoms with van der Waals surface area (Å²) in [6.07, 6.45) is 17.0. The summed E-state index contributed by atoms with van der Waals surface area (Å²) in [4.78, 5) is 0. The van der Waals surface area contributed by atoms with E-state index < -0.39 is 0 Å². The van der Waals surface area contributed by atoms with Crippen LogP contribution in [0.3, 0.4) is 0 Å². The Kier molecular flexibility index (Phi) is 25.3. The standard InChI is InChI=1S/C26H30N.C26H32N.C25H30N.C24H28N/c1-18-14-19(2)24(16-23(18)21-10-6-5-7-11-21)26-15-20(3)25(17-27(26)4)22-12-8-9-13-22;1-18-14-25(27(7)17-22(18)16-26(4,5)6)24-15-23(19(2)13-20(24)3)21-11-9-8-10-12-21;1-17(2)12-22-16-26(6)25(14-18(22)3)24-15-23(19(4)13-20(24)5)21-10-8-7-9-11-21;1-16(2)23-15-25(6)24(13-19(23)5)22-14-21(17(3)12-18(22)4)20-10-8-7-9-11-20/h5-7,10-11,14-17,22H,8-9,12-13H2,1-4H3;8-15,17H,16H2,1-7H3;7-11,13-17H,12H2,1-6H3;7-16H,1-6H3/q4*+1. The first kappa shape index (κ1) is 78.0. The fraction of sp³-hybridized carbons (Fsp3) is 0.327. The second kappa shape index (κ2) is 34.1. The molecule has 1 aliphatic rings. The minimum Gasteiger partial charge on any atom is -0.201 e. The lowest BCUT2D eigenvalue weighted by atomic mass is 9.86. The van der Waals surface area contributed by atoms with Crippen LogP contribution in [0.15, 0.2) is 219 Å². The van der Waals surface area contributed by atoms with E-state index in [4.69, 9.17) is 0 Å². The normalized spacial score (nSPS) is 12.2. The number of aryl methyl sites for hydroxylation is 16. The second-order valence-electron chi connectivity index (χ2n) is 32.6. The highest BCUT2D eigenvalue weighted by Crippen LogP contribution is 2.40. The van der Waals surface area contributed by atoms with Gasteiger partial charge in [0, 0.05) is 68.8 Å². The van der Waals surface area contributed by atoms with Crippen LogP contribution in [0.5, 0.6) is 0 Å². The molecule has 0 aliphatic heterocycles. The number of hydrogen-bond acceptors (Lipinski definition) is 0. The first-order valence-electron chi connectivity index (χ1n) is 38.6. The van der Waals surface area contributed by atoms with Gasteiger partial charge >= 0.3 is 0 Å². The van der Waals surface area contributed by atoms with Gasteiger partial charge in [-0.2, -0.15) is 0 Å². The smallest absolute Gasteiger partial charge is 0.201 e. The van der Waals surface area contributed by atoms with E-state index >= 15 is 0 Å². The van der Waals surface area contributed by atoms with Gasteiger partial charge in [0.25, 0.3) is 0 Å². The fourth-order valence-corrected chi connectivity index (χ4v) is 16.1. The quantitative estimate of drug-likeness (QED) is 0.102. The summed E-state index contributed by atoms with van der Waals surface area (Å²) < 4.78 is 9.19. The Balaban J connectivity index is 0.000000150. The molecule has 4 nitrogen and oxygen atoms in total. The molecule has 0 spiro atoms. The molecule has 8 aromatic carbocycles. The van der Waals surface area contributed by atoms with Crippen molar-refractivity contribution < 1.29 is 18.3 Å². The van der Waals surface area contributed by atoms with Crippen LogP contribution in [0.1, 0.15) is 175 Å². The predicted molar refractivity (Wildman–Crippen MR) is 448 cm³/mol. The number of benzene rings is 8. The van der Waals surface area contributed by atoms with E-state index in [1.54, 1.807) is 5.56 Å². The molecule has 0 radical (unpaired) electrons. The van der Waals surface area contributed by atoms with E-state index in [1.165, 1.54) is 199 Å². The minimum absolute atomic E-state index is 0.291. The van der Waals surface area contributed by atoms with E-state index in [-0.39, 0.29) is 0 Å². The molecule has 105 heavy (non-hydrogen) atoms. The molecular weight excluding hydrogens is 1270 g/mol. The molecule has 540 valence electrons. The Labute approximate surface area is 633 Å². The van der Waals surface area contributed by atoms with Gasteiger partial charge in [-0.15, -0.1) is 0 Å². The highest BCUT2D eigenvalue weighted by molar-refractivity contribution is 5.80. The predicted octanol–water partition coefficient (Wildman–Crippen LogP) is 24.6. The molecule has 0 atom stereocenters. The van der Waals surface area contributed by atoms with Gasteiger partial charge in [-0.05, 0) is 267 Å². The fourth-order valence-electron chi connectivity index (χ4n) is 16.1. The minimum atomic E-state index is 0.291. The molecule has 4 heterocycles. The van der Waals surface area contributed by atoms with Crippen LogP contribution < -0.4 is 18.3 Å². The molecule has 0 saturated heterocycles. The number of rotatable bonds is 13. The molecule has 4 heteroatoms. The Hall–Kier alpha value is -9.64. The second-order valence-corrected chi connectivity index (χ2v) is 32.6. The SMILES string of the molecule is Cc1cc(-c2cc(-c3ccccc3)c(C)cc2C)[n+](C)cc1CC(C)(C)C.Cc1cc(-c2cc(-c3ccccc3)c(C)cc2C)[n+](C)cc1CC(C)C.Cc1cc(C)c(-c2cc(C)c(C(C)C)c[n+]2C)cc1-c1ccccc1.Cc1cc(C)c(-c2cc(C)c(C3CCCC3)c[n+]2C)cc1-c1ccccc1. The Morgan fingerprint density at radius 2 is 0.600 bits per heavy atom. The molecule has 0 N–H and O–H groups in total. The monoisotopic (exact) mass is 1390 g/mol. The third kappa shape index (κ3) is 18.9. The van der Waals surface area contributed by atoms with Crippen LogP contribution in [-0.2, 0) is 41.0 Å². The first-order chi connectivity index (χ1) is 49.9. The largest absolute Gasteiger partial charge is 0.212 e. The van der Waals surface area contributed by atoms with Crippen molar-refractivity contribution in [2.75, 3.05) is 0 Å². The Morgan fingerprint density at radius 1 is 0.314 bits per heavy atom. The van der Waals surface area contributed by atoms with Crippen molar-refractivity contribution in [1.29, 1.82) is 0 Å². The van der Waals surface area contributed by atoms with Crippen LogP contribution in [0, 0.1) is 94.4 Å². The summed E-state index contributed by atoms with van der Waals surface area (Å²) in [5.41, 5.74) is 43.1. The van der Waals surface area contributed by atoms with Crippen molar-refractivity contribution >= 4 is 0 Å². The lowest BCUT2D eigenvalue weighted by Crippen LogP contribution is -2.32. The lowest BCUT2D eigenvalue weighted by Gasteiger charge is -2.19. The maximum absolute atomic E-state index is 2.40. The summed E-state index contributed by atoms with van der Waals surface area (Å²) in [5.74, 6) is 1.97. The van der Waals surface area contributed by atoms with Gasteiger partial charge in [0.2, 0.25) is 22.8 Å². The third-order valence-corrected chi connectivity index (χ3v) is 21.7. The summed E-state index contributed by atoms with van der Waals surface area (Å²) in [6.45, 7) is 42.7. The molecule has 1 aliphatic carbocycles. The van der Waals surface area contributed by atoms with E-state index in [0.29, 0.717) is 17.3 Å². The molecule has 1 fully saturated rings. The summed E-state index contributed by atoms with van der Waals surface area (Å²) >= 11 is 0. The van der Waals surface area contributed by atoms with E-state index in [2.05, 4.69) is 397 Å². The average molecular weight is 1390 g/mol. The van der Waals surface area contributed by atoms with Crippen molar-refractivity contribution in [3.63, 3.8) is 0 Å². The van der Waals surface area contributed by atoms with Gasteiger partial charge in [-0.3, -0.25) is 0 Å². The highest BCUT2D eigenvalue weighted by Gasteiger charge is 2.27. The Bertz CT molecular complexity index is 5020. The molecule has 12 aromatic rings. The zero-order chi connectivity index (χ0) is 75.7. The molecule has 1 saturated carbocycles. The summed E-state index contributed by atoms with van der Waals surface area (Å²) in [6, 6.07) is 70.9.